The van der Waals surface area contributed by atoms with Gasteiger partial charge in [0.25, 0.3) is 0 Å². The summed E-state index contributed by atoms with van der Waals surface area (Å²) in [4.78, 5) is 0. The first kappa shape index (κ1) is 11.8. The molecule has 0 saturated heterocycles. The Morgan fingerprint density at radius 1 is 1.36 bits per heavy atom. The molecule has 0 spiro atoms. The summed E-state index contributed by atoms with van der Waals surface area (Å²) < 4.78 is 0. The molecule has 1 saturated carbocycles. The van der Waals surface area contributed by atoms with E-state index in [9.17, 15) is 0 Å². The van der Waals surface area contributed by atoms with Gasteiger partial charge in [-0.25, -0.2) is 0 Å². The lowest BCUT2D eigenvalue weighted by atomic mass is 9.64. The molecule has 0 N–H and O–H groups in total. The summed E-state index contributed by atoms with van der Waals surface area (Å²) in [5, 5.41) is 0. The molecule has 1 fully saturated rings. The second-order valence-corrected chi connectivity index (χ2v) is 5.96. The van der Waals surface area contributed by atoms with E-state index in [1.54, 1.807) is 0 Å². The van der Waals surface area contributed by atoms with Crippen LogP contribution in [0.3, 0.4) is 0 Å². The summed E-state index contributed by atoms with van der Waals surface area (Å²) in [6.07, 6.45) is 1.37. The minimum atomic E-state index is 0.464. The summed E-state index contributed by atoms with van der Waals surface area (Å²) in [5.74, 6) is 3.12. The molecule has 0 aromatic carbocycles. The third kappa shape index (κ3) is 1.53. The van der Waals surface area contributed by atoms with E-state index < -0.39 is 0 Å². The summed E-state index contributed by atoms with van der Waals surface area (Å²) >= 11 is 0. The van der Waals surface area contributed by atoms with E-state index in [2.05, 4.69) is 48.1 Å². The molecule has 0 aliphatic heterocycles. The number of rotatable bonds is 2. The van der Waals surface area contributed by atoms with Crippen molar-refractivity contribution in [1.29, 1.82) is 0 Å². The van der Waals surface area contributed by atoms with Crippen LogP contribution >= 0.6 is 0 Å². The molecule has 82 valence electrons. The van der Waals surface area contributed by atoms with E-state index in [-0.39, 0.29) is 0 Å². The second kappa shape index (κ2) is 3.72. The van der Waals surface area contributed by atoms with Crippen molar-refractivity contribution in [1.82, 2.24) is 0 Å². The maximum Gasteiger partial charge on any atom is -0.0124 e. The molecule has 1 rings (SSSR count). The van der Waals surface area contributed by atoms with E-state index in [0.717, 1.165) is 23.7 Å². The van der Waals surface area contributed by atoms with Crippen molar-refractivity contribution >= 4 is 0 Å². The third-order valence-electron chi connectivity index (χ3n) is 4.80. The summed E-state index contributed by atoms with van der Waals surface area (Å²) in [5.41, 5.74) is 1.85. The molecular formula is C14H26. The highest BCUT2D eigenvalue weighted by Gasteiger charge is 2.49. The average Bonchev–Trinajstić information content (AvgIpc) is 2.23. The van der Waals surface area contributed by atoms with Gasteiger partial charge in [-0.15, -0.1) is 0 Å². The molecule has 0 aromatic rings. The van der Waals surface area contributed by atoms with Gasteiger partial charge in [-0.3, -0.25) is 0 Å². The number of hydrogen-bond acceptors (Lipinski definition) is 0. The van der Waals surface area contributed by atoms with Crippen LogP contribution < -0.4 is 0 Å². The van der Waals surface area contributed by atoms with Crippen molar-refractivity contribution in [2.24, 2.45) is 29.1 Å². The van der Waals surface area contributed by atoms with Crippen molar-refractivity contribution in [2.45, 2.75) is 48.0 Å². The van der Waals surface area contributed by atoms with Gasteiger partial charge in [0.15, 0.2) is 0 Å². The molecule has 0 nitrogen and oxygen atoms in total. The largest absolute Gasteiger partial charge is 0.0998 e. The highest BCUT2D eigenvalue weighted by Crippen LogP contribution is 2.57. The van der Waals surface area contributed by atoms with Crippen LogP contribution in [0.1, 0.15) is 48.0 Å². The molecule has 0 bridgehead atoms. The first-order valence-corrected chi connectivity index (χ1v) is 5.97. The zero-order valence-corrected chi connectivity index (χ0v) is 10.7. The van der Waals surface area contributed by atoms with Gasteiger partial charge >= 0.3 is 0 Å². The Hall–Kier alpha value is -0.260. The number of hydrogen-bond donors (Lipinski definition) is 0. The maximum absolute atomic E-state index is 4.20. The highest BCUT2D eigenvalue weighted by atomic mass is 14.5. The SMILES string of the molecule is C=C(C)C1C(C)CC(C)C1(C)C(C)C. The molecule has 1 aliphatic rings. The summed E-state index contributed by atoms with van der Waals surface area (Å²) in [6.45, 7) is 18.4. The molecule has 1 aliphatic carbocycles. The van der Waals surface area contributed by atoms with Gasteiger partial charge in [0.05, 0.1) is 0 Å². The van der Waals surface area contributed by atoms with Gasteiger partial charge in [0.1, 0.15) is 0 Å². The molecule has 0 radical (unpaired) electrons. The molecule has 0 aromatic heterocycles. The molecular weight excluding hydrogens is 168 g/mol. The summed E-state index contributed by atoms with van der Waals surface area (Å²) in [7, 11) is 0. The van der Waals surface area contributed by atoms with Crippen molar-refractivity contribution in [3.63, 3.8) is 0 Å². The van der Waals surface area contributed by atoms with E-state index in [1.165, 1.54) is 12.0 Å². The Kier molecular flexibility index (Phi) is 3.13. The number of allylic oxidation sites excluding steroid dienone is 1. The minimum absolute atomic E-state index is 0.464. The Bertz CT molecular complexity index is 226. The van der Waals surface area contributed by atoms with Crippen LogP contribution in [0.25, 0.3) is 0 Å². The lowest BCUT2D eigenvalue weighted by Crippen LogP contribution is -2.34. The lowest BCUT2D eigenvalue weighted by Gasteiger charge is -2.41. The zero-order chi connectivity index (χ0) is 11.1. The van der Waals surface area contributed by atoms with Gasteiger partial charge < -0.3 is 0 Å². The fourth-order valence-corrected chi connectivity index (χ4v) is 3.81. The standard InChI is InChI=1S/C14H26/c1-9(2)13-11(5)8-12(6)14(13,7)10(3)4/h10-13H,1,8H2,2-7H3. The maximum atomic E-state index is 4.20. The van der Waals surface area contributed by atoms with Crippen molar-refractivity contribution in [2.75, 3.05) is 0 Å². The van der Waals surface area contributed by atoms with Crippen LogP contribution in [0.2, 0.25) is 0 Å². The minimum Gasteiger partial charge on any atom is -0.0998 e. The first-order valence-electron chi connectivity index (χ1n) is 5.97. The van der Waals surface area contributed by atoms with Crippen LogP contribution in [-0.2, 0) is 0 Å². The average molecular weight is 194 g/mol. The fraction of sp³-hybridized carbons (Fsp3) is 0.857. The van der Waals surface area contributed by atoms with Crippen LogP contribution in [0.5, 0.6) is 0 Å². The molecule has 0 amide bonds. The lowest BCUT2D eigenvalue weighted by molar-refractivity contribution is 0.109. The van der Waals surface area contributed by atoms with Gasteiger partial charge in [-0.05, 0) is 42.4 Å². The molecule has 4 unspecified atom stereocenters. The van der Waals surface area contributed by atoms with Crippen molar-refractivity contribution < 1.29 is 0 Å². The van der Waals surface area contributed by atoms with E-state index in [1.807, 2.05) is 0 Å². The van der Waals surface area contributed by atoms with E-state index >= 15 is 0 Å². The molecule has 4 atom stereocenters. The normalized spacial score (nSPS) is 43.2. The van der Waals surface area contributed by atoms with Crippen LogP contribution in [0.15, 0.2) is 12.2 Å². The van der Waals surface area contributed by atoms with Crippen LogP contribution in [0, 0.1) is 29.1 Å². The Morgan fingerprint density at radius 2 is 1.86 bits per heavy atom. The predicted molar refractivity (Wildman–Crippen MR) is 64.2 cm³/mol. The monoisotopic (exact) mass is 194 g/mol. The van der Waals surface area contributed by atoms with Crippen LogP contribution in [0.4, 0.5) is 0 Å². The highest BCUT2D eigenvalue weighted by molar-refractivity contribution is 5.11. The van der Waals surface area contributed by atoms with Crippen molar-refractivity contribution in [3.05, 3.63) is 12.2 Å². The topological polar surface area (TPSA) is 0 Å². The third-order valence-corrected chi connectivity index (χ3v) is 4.80. The Morgan fingerprint density at radius 3 is 2.14 bits per heavy atom. The Balaban J connectivity index is 3.06. The van der Waals surface area contributed by atoms with Gasteiger partial charge in [0, 0.05) is 0 Å². The second-order valence-electron chi connectivity index (χ2n) is 5.96. The smallest absolute Gasteiger partial charge is 0.0124 e. The Labute approximate surface area is 89.8 Å². The van der Waals surface area contributed by atoms with E-state index in [4.69, 9.17) is 0 Å². The fourth-order valence-electron chi connectivity index (χ4n) is 3.81. The molecule has 14 heavy (non-hydrogen) atoms. The summed E-state index contributed by atoms with van der Waals surface area (Å²) in [6, 6.07) is 0. The van der Waals surface area contributed by atoms with Gasteiger partial charge in [-0.2, -0.15) is 0 Å². The van der Waals surface area contributed by atoms with Crippen LogP contribution in [-0.4, -0.2) is 0 Å². The van der Waals surface area contributed by atoms with E-state index in [0.29, 0.717) is 5.41 Å². The predicted octanol–water partition coefficient (Wildman–Crippen LogP) is 4.52. The zero-order valence-electron chi connectivity index (χ0n) is 10.7. The molecule has 0 heterocycles. The quantitative estimate of drug-likeness (QED) is 0.567. The first-order chi connectivity index (χ1) is 6.31. The van der Waals surface area contributed by atoms with Gasteiger partial charge in [-0.1, -0.05) is 46.8 Å². The van der Waals surface area contributed by atoms with Gasteiger partial charge in [0.2, 0.25) is 0 Å². The van der Waals surface area contributed by atoms with Crippen molar-refractivity contribution in [3.8, 4) is 0 Å². The molecule has 0 heteroatoms.